The van der Waals surface area contributed by atoms with Gasteiger partial charge in [-0.3, -0.25) is 4.79 Å². The van der Waals surface area contributed by atoms with Crippen molar-refractivity contribution in [2.45, 2.75) is 26.4 Å². The summed E-state index contributed by atoms with van der Waals surface area (Å²) in [6.07, 6.45) is -0.733. The minimum absolute atomic E-state index is 0.428. The molecule has 98 valence electrons. The number of amides is 1. The SMILES string of the molecule is CC(C)(C)OC(=O)ON1CCN(C(=O)Cl)CC1. The van der Waals surface area contributed by atoms with E-state index in [0.717, 1.165) is 0 Å². The molecule has 0 aromatic carbocycles. The molecule has 0 radical (unpaired) electrons. The van der Waals surface area contributed by atoms with Gasteiger partial charge in [-0.25, -0.2) is 4.79 Å². The van der Waals surface area contributed by atoms with Crippen LogP contribution in [-0.4, -0.2) is 53.3 Å². The number of ether oxygens (including phenoxy) is 1. The van der Waals surface area contributed by atoms with Crippen molar-refractivity contribution in [3.8, 4) is 0 Å². The lowest BCUT2D eigenvalue weighted by Gasteiger charge is -2.32. The third-order valence-electron chi connectivity index (χ3n) is 2.08. The zero-order valence-corrected chi connectivity index (χ0v) is 11.0. The Morgan fingerprint density at radius 2 is 1.65 bits per heavy atom. The van der Waals surface area contributed by atoms with Crippen LogP contribution >= 0.6 is 11.6 Å². The smallest absolute Gasteiger partial charge is 0.427 e. The first-order valence-electron chi connectivity index (χ1n) is 5.38. The van der Waals surface area contributed by atoms with Gasteiger partial charge in [0.1, 0.15) is 5.60 Å². The number of hydrogen-bond acceptors (Lipinski definition) is 5. The van der Waals surface area contributed by atoms with Gasteiger partial charge >= 0.3 is 11.5 Å². The Balaban J connectivity index is 2.31. The summed E-state index contributed by atoms with van der Waals surface area (Å²) in [5.74, 6) is 0. The predicted molar refractivity (Wildman–Crippen MR) is 61.7 cm³/mol. The summed E-state index contributed by atoms with van der Waals surface area (Å²) in [7, 11) is 0. The molecule has 0 aromatic heterocycles. The lowest BCUT2D eigenvalue weighted by molar-refractivity contribution is -0.154. The van der Waals surface area contributed by atoms with Crippen molar-refractivity contribution in [3.63, 3.8) is 0 Å². The Morgan fingerprint density at radius 3 is 2.06 bits per heavy atom. The second kappa shape index (κ2) is 5.55. The number of hydroxylamine groups is 2. The van der Waals surface area contributed by atoms with Gasteiger partial charge in [0.25, 0.3) is 0 Å². The monoisotopic (exact) mass is 264 g/mol. The normalized spacial score (nSPS) is 17.8. The van der Waals surface area contributed by atoms with E-state index in [1.807, 2.05) is 0 Å². The van der Waals surface area contributed by atoms with Crippen LogP contribution in [0.3, 0.4) is 0 Å². The Labute approximate surface area is 105 Å². The highest BCUT2D eigenvalue weighted by Crippen LogP contribution is 2.11. The summed E-state index contributed by atoms with van der Waals surface area (Å²) in [5, 5.41) is 0.978. The Bertz CT molecular complexity index is 295. The average molecular weight is 265 g/mol. The lowest BCUT2D eigenvalue weighted by Crippen LogP contribution is -2.48. The Kier molecular flexibility index (Phi) is 4.59. The van der Waals surface area contributed by atoms with E-state index in [1.54, 1.807) is 20.8 Å². The van der Waals surface area contributed by atoms with Gasteiger partial charge in [-0.2, -0.15) is 0 Å². The lowest BCUT2D eigenvalue weighted by atomic mass is 10.2. The van der Waals surface area contributed by atoms with Crippen LogP contribution in [0.5, 0.6) is 0 Å². The molecule has 17 heavy (non-hydrogen) atoms. The fourth-order valence-electron chi connectivity index (χ4n) is 1.33. The topological polar surface area (TPSA) is 59.1 Å². The fraction of sp³-hybridized carbons (Fsp3) is 0.800. The highest BCUT2D eigenvalue weighted by Gasteiger charge is 2.25. The van der Waals surface area contributed by atoms with Crippen molar-refractivity contribution in [1.29, 1.82) is 0 Å². The van der Waals surface area contributed by atoms with Crippen LogP contribution in [0.4, 0.5) is 9.59 Å². The van der Waals surface area contributed by atoms with Crippen LogP contribution < -0.4 is 0 Å². The standard InChI is InChI=1S/C10H17ClN2O4/c1-10(2,3)16-9(15)17-13-6-4-12(5-7-13)8(11)14/h4-7H2,1-3H3. The molecule has 1 aliphatic rings. The predicted octanol–water partition coefficient (Wildman–Crippen LogP) is 1.83. The van der Waals surface area contributed by atoms with Crippen LogP contribution in [-0.2, 0) is 9.57 Å². The third kappa shape index (κ3) is 5.23. The first-order chi connectivity index (χ1) is 7.78. The molecule has 1 heterocycles. The highest BCUT2D eigenvalue weighted by molar-refractivity contribution is 6.62. The molecule has 6 nitrogen and oxygen atoms in total. The molecule has 0 unspecified atom stereocenters. The molecular formula is C10H17ClN2O4. The molecule has 1 aliphatic heterocycles. The molecule has 1 fully saturated rings. The van der Waals surface area contributed by atoms with Gasteiger partial charge < -0.3 is 14.5 Å². The van der Waals surface area contributed by atoms with Crippen LogP contribution in [0, 0.1) is 0 Å². The van der Waals surface area contributed by atoms with Gasteiger partial charge in [0.2, 0.25) is 0 Å². The summed E-state index contributed by atoms with van der Waals surface area (Å²) in [4.78, 5) is 28.7. The maximum atomic E-state index is 11.3. The van der Waals surface area contributed by atoms with E-state index in [1.165, 1.54) is 9.96 Å². The van der Waals surface area contributed by atoms with Crippen molar-refractivity contribution in [2.75, 3.05) is 26.2 Å². The largest absolute Gasteiger partial charge is 0.528 e. The first-order valence-corrected chi connectivity index (χ1v) is 5.76. The molecule has 0 spiro atoms. The summed E-state index contributed by atoms with van der Waals surface area (Å²) in [5.41, 5.74) is -0.578. The first kappa shape index (κ1) is 14.1. The molecule has 0 saturated carbocycles. The van der Waals surface area contributed by atoms with Crippen LogP contribution in [0.1, 0.15) is 20.8 Å². The molecule has 0 bridgehead atoms. The summed E-state index contributed by atoms with van der Waals surface area (Å²) >= 11 is 5.33. The van der Waals surface area contributed by atoms with E-state index in [4.69, 9.17) is 21.2 Å². The van der Waals surface area contributed by atoms with Gasteiger partial charge in [0.05, 0.1) is 13.1 Å². The molecule has 7 heteroatoms. The van der Waals surface area contributed by atoms with Crippen molar-refractivity contribution < 1.29 is 19.2 Å². The van der Waals surface area contributed by atoms with E-state index < -0.39 is 17.1 Å². The van der Waals surface area contributed by atoms with E-state index in [2.05, 4.69) is 0 Å². The number of piperazine rings is 1. The van der Waals surface area contributed by atoms with Gasteiger partial charge in [0, 0.05) is 13.1 Å². The number of carbonyl (C=O) groups is 2. The van der Waals surface area contributed by atoms with Gasteiger partial charge in [-0.15, -0.1) is 5.06 Å². The van der Waals surface area contributed by atoms with Crippen molar-refractivity contribution >= 4 is 23.1 Å². The molecule has 0 N–H and O–H groups in total. The maximum Gasteiger partial charge on any atom is 0.528 e. The van der Waals surface area contributed by atoms with Crippen molar-refractivity contribution in [2.24, 2.45) is 0 Å². The van der Waals surface area contributed by atoms with Crippen LogP contribution in [0.25, 0.3) is 0 Å². The molecule has 0 aliphatic carbocycles. The van der Waals surface area contributed by atoms with E-state index >= 15 is 0 Å². The average Bonchev–Trinajstić information content (AvgIpc) is 2.15. The molecule has 1 saturated heterocycles. The van der Waals surface area contributed by atoms with E-state index in [0.29, 0.717) is 26.2 Å². The minimum atomic E-state index is -0.733. The number of rotatable bonds is 1. The van der Waals surface area contributed by atoms with E-state index in [-0.39, 0.29) is 0 Å². The van der Waals surface area contributed by atoms with Gasteiger partial charge in [-0.05, 0) is 32.4 Å². The quantitative estimate of drug-likeness (QED) is 0.411. The molecule has 0 aromatic rings. The van der Waals surface area contributed by atoms with Gasteiger partial charge in [0.15, 0.2) is 0 Å². The third-order valence-corrected chi connectivity index (χ3v) is 2.32. The maximum absolute atomic E-state index is 11.3. The Hall–Kier alpha value is -1.01. The van der Waals surface area contributed by atoms with Crippen LogP contribution in [0.15, 0.2) is 0 Å². The number of halogens is 1. The number of carbonyl (C=O) groups excluding carboxylic acids is 2. The Morgan fingerprint density at radius 1 is 1.12 bits per heavy atom. The molecule has 1 rings (SSSR count). The van der Waals surface area contributed by atoms with Crippen LogP contribution in [0.2, 0.25) is 0 Å². The van der Waals surface area contributed by atoms with Gasteiger partial charge in [-0.1, -0.05) is 0 Å². The molecule has 1 amide bonds. The van der Waals surface area contributed by atoms with Crippen molar-refractivity contribution in [1.82, 2.24) is 9.96 Å². The molecular weight excluding hydrogens is 248 g/mol. The second-order valence-corrected chi connectivity index (χ2v) is 5.05. The summed E-state index contributed by atoms with van der Waals surface area (Å²) < 4.78 is 5.01. The van der Waals surface area contributed by atoms with E-state index in [9.17, 15) is 9.59 Å². The zero-order valence-electron chi connectivity index (χ0n) is 10.2. The minimum Gasteiger partial charge on any atom is -0.427 e. The summed E-state index contributed by atoms with van der Waals surface area (Å²) in [6.45, 7) is 7.01. The highest BCUT2D eigenvalue weighted by atomic mass is 35.5. The zero-order chi connectivity index (χ0) is 13.1. The number of nitrogens with zero attached hydrogens (tertiary/aromatic N) is 2. The number of hydrogen-bond donors (Lipinski definition) is 0. The molecule has 0 atom stereocenters. The summed E-state index contributed by atoms with van der Waals surface area (Å²) in [6, 6.07) is 0. The second-order valence-electron chi connectivity index (χ2n) is 4.72. The fourth-order valence-corrected chi connectivity index (χ4v) is 1.50. The van der Waals surface area contributed by atoms with Crippen molar-refractivity contribution in [3.05, 3.63) is 0 Å².